The molecule has 2 N–H and O–H groups in total. The fourth-order valence-corrected chi connectivity index (χ4v) is 2.83. The second kappa shape index (κ2) is 7.79. The maximum atomic E-state index is 12.9. The summed E-state index contributed by atoms with van der Waals surface area (Å²) in [7, 11) is 0. The number of carbonyl (C=O) groups excluding carboxylic acids is 2. The third-order valence-corrected chi connectivity index (χ3v) is 4.29. The number of alkyl halides is 3. The average molecular weight is 399 g/mol. The highest BCUT2D eigenvalue weighted by atomic mass is 19.4. The number of hydrogen-bond acceptors (Lipinski definition) is 4. The molecule has 0 heterocycles. The van der Waals surface area contributed by atoms with Gasteiger partial charge in [0.15, 0.2) is 11.6 Å². The summed E-state index contributed by atoms with van der Waals surface area (Å²) in [6.07, 6.45) is 0.342. The van der Waals surface area contributed by atoms with E-state index in [9.17, 15) is 27.9 Å². The molecule has 29 heavy (non-hydrogen) atoms. The number of halogens is 3. The van der Waals surface area contributed by atoms with Crippen LogP contribution in [0.4, 0.5) is 18.9 Å². The lowest BCUT2D eigenvalue weighted by molar-refractivity contribution is -0.137. The van der Waals surface area contributed by atoms with E-state index >= 15 is 0 Å². The molecule has 2 aromatic rings. The standard InChI is InChI=1S/C22H16F3NO3/c1-13-10-14(22(23,24)25)6-9-19(13)26-15-7-8-16(27)12-21(29)18-5-3-2-4-17(18)20(28)11-15/h2-12,26-27H,1H3/b8-7-,15-11-,16-12-. The predicted molar refractivity (Wildman–Crippen MR) is 103 cm³/mol. The number of aliphatic hydroxyl groups excluding tert-OH is 1. The molecular weight excluding hydrogens is 383 g/mol. The lowest BCUT2D eigenvalue weighted by atomic mass is 9.98. The summed E-state index contributed by atoms with van der Waals surface area (Å²) in [6, 6.07) is 9.38. The van der Waals surface area contributed by atoms with Crippen molar-refractivity contribution in [1.29, 1.82) is 0 Å². The molecule has 7 heteroatoms. The number of benzene rings is 2. The van der Waals surface area contributed by atoms with Gasteiger partial charge in [0.25, 0.3) is 0 Å². The molecule has 0 bridgehead atoms. The predicted octanol–water partition coefficient (Wildman–Crippen LogP) is 5.39. The third-order valence-electron chi connectivity index (χ3n) is 4.29. The van der Waals surface area contributed by atoms with Crippen molar-refractivity contribution in [3.05, 3.63) is 100 Å². The molecule has 0 saturated heterocycles. The van der Waals surface area contributed by atoms with Crippen molar-refractivity contribution in [2.24, 2.45) is 0 Å². The van der Waals surface area contributed by atoms with Crippen molar-refractivity contribution < 1.29 is 27.9 Å². The molecule has 0 amide bonds. The van der Waals surface area contributed by atoms with Gasteiger partial charge >= 0.3 is 6.18 Å². The Morgan fingerprint density at radius 1 is 0.897 bits per heavy atom. The second-order valence-corrected chi connectivity index (χ2v) is 6.43. The van der Waals surface area contributed by atoms with E-state index in [0.717, 1.165) is 18.2 Å². The molecule has 0 unspecified atom stereocenters. The van der Waals surface area contributed by atoms with E-state index < -0.39 is 23.3 Å². The maximum absolute atomic E-state index is 12.9. The molecular formula is C22H16F3NO3. The fourth-order valence-electron chi connectivity index (χ4n) is 2.83. The first kappa shape index (κ1) is 20.1. The number of carbonyl (C=O) groups is 2. The van der Waals surface area contributed by atoms with Gasteiger partial charge in [0.2, 0.25) is 0 Å². The summed E-state index contributed by atoms with van der Waals surface area (Å²) >= 11 is 0. The first-order valence-electron chi connectivity index (χ1n) is 8.58. The Hall–Kier alpha value is -3.61. The highest BCUT2D eigenvalue weighted by Gasteiger charge is 2.30. The highest BCUT2D eigenvalue weighted by Crippen LogP contribution is 2.32. The first-order valence-corrected chi connectivity index (χ1v) is 8.58. The van der Waals surface area contributed by atoms with E-state index in [0.29, 0.717) is 11.3 Å². The number of rotatable bonds is 2. The lowest BCUT2D eigenvalue weighted by Gasteiger charge is -2.14. The molecule has 0 spiro atoms. The van der Waals surface area contributed by atoms with Crippen molar-refractivity contribution in [2.45, 2.75) is 13.1 Å². The van der Waals surface area contributed by atoms with Crippen LogP contribution in [0.5, 0.6) is 0 Å². The minimum Gasteiger partial charge on any atom is -0.508 e. The number of nitrogens with one attached hydrogen (secondary N) is 1. The Balaban J connectivity index is 2.01. The summed E-state index contributed by atoms with van der Waals surface area (Å²) < 4.78 is 38.6. The maximum Gasteiger partial charge on any atom is 0.416 e. The van der Waals surface area contributed by atoms with Crippen LogP contribution in [-0.2, 0) is 6.18 Å². The monoisotopic (exact) mass is 399 g/mol. The number of anilines is 1. The molecule has 1 aliphatic carbocycles. The van der Waals surface area contributed by atoms with E-state index in [1.165, 1.54) is 43.4 Å². The first-order chi connectivity index (χ1) is 13.6. The summed E-state index contributed by atoms with van der Waals surface area (Å²) in [5.41, 5.74) is 0.448. The van der Waals surface area contributed by atoms with E-state index in [4.69, 9.17) is 0 Å². The van der Waals surface area contributed by atoms with E-state index in [1.807, 2.05) is 0 Å². The van der Waals surface area contributed by atoms with Gasteiger partial charge in [-0.1, -0.05) is 24.3 Å². The Kier molecular flexibility index (Phi) is 5.41. The molecule has 0 fully saturated rings. The largest absolute Gasteiger partial charge is 0.508 e. The van der Waals surface area contributed by atoms with Crippen molar-refractivity contribution >= 4 is 17.3 Å². The van der Waals surface area contributed by atoms with Crippen LogP contribution < -0.4 is 5.32 Å². The summed E-state index contributed by atoms with van der Waals surface area (Å²) in [4.78, 5) is 24.9. The zero-order valence-electron chi connectivity index (χ0n) is 15.2. The Morgan fingerprint density at radius 2 is 1.52 bits per heavy atom. The van der Waals surface area contributed by atoms with Crippen molar-refractivity contribution in [1.82, 2.24) is 0 Å². The molecule has 2 aromatic carbocycles. The van der Waals surface area contributed by atoms with Crippen LogP contribution >= 0.6 is 0 Å². The van der Waals surface area contributed by atoms with E-state index in [2.05, 4.69) is 5.32 Å². The molecule has 0 aromatic heterocycles. The van der Waals surface area contributed by atoms with Crippen LogP contribution in [0.3, 0.4) is 0 Å². The minimum absolute atomic E-state index is 0.140. The van der Waals surface area contributed by atoms with Crippen LogP contribution in [0.25, 0.3) is 0 Å². The van der Waals surface area contributed by atoms with Crippen LogP contribution in [0.15, 0.2) is 78.2 Å². The summed E-state index contributed by atoms with van der Waals surface area (Å²) in [6.45, 7) is 1.51. The molecule has 148 valence electrons. The Morgan fingerprint density at radius 3 is 2.10 bits per heavy atom. The molecule has 4 nitrogen and oxygen atoms in total. The second-order valence-electron chi connectivity index (χ2n) is 6.43. The van der Waals surface area contributed by atoms with Gasteiger partial charge < -0.3 is 10.4 Å². The topological polar surface area (TPSA) is 66.4 Å². The number of aliphatic hydroxyl groups is 1. The number of ketones is 2. The van der Waals surface area contributed by atoms with Gasteiger partial charge in [0.1, 0.15) is 5.76 Å². The average Bonchev–Trinajstić information content (AvgIpc) is 2.66. The third kappa shape index (κ3) is 4.63. The van der Waals surface area contributed by atoms with Gasteiger partial charge in [0.05, 0.1) is 5.56 Å². The molecule has 1 aliphatic rings. The Labute approximate surface area is 164 Å². The van der Waals surface area contributed by atoms with Gasteiger partial charge in [-0.2, -0.15) is 13.2 Å². The zero-order chi connectivity index (χ0) is 21.2. The van der Waals surface area contributed by atoms with Crippen LogP contribution in [0.2, 0.25) is 0 Å². The summed E-state index contributed by atoms with van der Waals surface area (Å²) in [5, 5.41) is 12.8. The normalized spacial score (nSPS) is 19.4. The van der Waals surface area contributed by atoms with Crippen LogP contribution in [0, 0.1) is 6.92 Å². The highest BCUT2D eigenvalue weighted by molar-refractivity contribution is 6.16. The van der Waals surface area contributed by atoms with Gasteiger partial charge in [-0.15, -0.1) is 0 Å². The molecule has 3 rings (SSSR count). The van der Waals surface area contributed by atoms with E-state index in [1.54, 1.807) is 12.1 Å². The van der Waals surface area contributed by atoms with E-state index in [-0.39, 0.29) is 22.6 Å². The minimum atomic E-state index is -4.46. The Bertz CT molecular complexity index is 1080. The SMILES string of the molecule is Cc1cc(C(F)(F)F)ccc1NC1=C\C(=O)c2ccccc2C(=O)/C=C(O)/C=C\1. The molecule has 0 saturated carbocycles. The van der Waals surface area contributed by atoms with Gasteiger partial charge in [-0.3, -0.25) is 9.59 Å². The summed E-state index contributed by atoms with van der Waals surface area (Å²) in [5.74, 6) is -1.30. The fraction of sp³-hybridized carbons (Fsp3) is 0.0909. The van der Waals surface area contributed by atoms with Gasteiger partial charge in [-0.05, 0) is 42.8 Å². The number of allylic oxidation sites excluding steroid dienone is 4. The van der Waals surface area contributed by atoms with Crippen molar-refractivity contribution in [3.63, 3.8) is 0 Å². The molecule has 0 radical (unpaired) electrons. The van der Waals surface area contributed by atoms with Crippen molar-refractivity contribution in [2.75, 3.05) is 5.32 Å². The van der Waals surface area contributed by atoms with Crippen molar-refractivity contribution in [3.8, 4) is 0 Å². The van der Waals surface area contributed by atoms with Crippen LogP contribution in [0.1, 0.15) is 31.8 Å². The number of aryl methyl sites for hydroxylation is 1. The lowest BCUT2D eigenvalue weighted by Crippen LogP contribution is -2.10. The quantitative estimate of drug-likeness (QED) is 0.711. The van der Waals surface area contributed by atoms with Gasteiger partial charge in [-0.25, -0.2) is 0 Å². The molecule has 0 aliphatic heterocycles. The molecule has 0 atom stereocenters. The van der Waals surface area contributed by atoms with Crippen LogP contribution in [-0.4, -0.2) is 16.7 Å². The number of fused-ring (bicyclic) bond motifs is 1. The number of hydrogen-bond donors (Lipinski definition) is 2. The smallest absolute Gasteiger partial charge is 0.416 e. The zero-order valence-corrected chi connectivity index (χ0v) is 15.2. The van der Waals surface area contributed by atoms with Gasteiger partial charge in [0, 0.05) is 34.7 Å².